The summed E-state index contributed by atoms with van der Waals surface area (Å²) in [6, 6.07) is 11.3. The van der Waals surface area contributed by atoms with E-state index in [2.05, 4.69) is 4.98 Å². The predicted octanol–water partition coefficient (Wildman–Crippen LogP) is 3.03. The Hall–Kier alpha value is -2.81. The molecule has 1 aromatic heterocycles. The second-order valence-corrected chi connectivity index (χ2v) is 10.7. The van der Waals surface area contributed by atoms with E-state index in [0.717, 1.165) is 5.56 Å². The average molecular weight is 487 g/mol. The first kappa shape index (κ1) is 23.9. The highest BCUT2D eigenvalue weighted by molar-refractivity contribution is 5.77. The van der Waals surface area contributed by atoms with Crippen molar-refractivity contribution in [3.05, 3.63) is 58.6 Å². The number of carbonyl (C=O) groups is 1. The first-order valence-electron chi connectivity index (χ1n) is 12.3. The second kappa shape index (κ2) is 8.69. The highest BCUT2D eigenvalue weighted by Crippen LogP contribution is 2.59. The van der Waals surface area contributed by atoms with E-state index in [1.54, 1.807) is 9.80 Å². The topological polar surface area (TPSA) is 78.7 Å². The van der Waals surface area contributed by atoms with Gasteiger partial charge in [-0.15, -0.1) is 0 Å². The van der Waals surface area contributed by atoms with E-state index < -0.39 is 16.9 Å². The Morgan fingerprint density at radius 1 is 1.11 bits per heavy atom. The molecule has 3 aliphatic rings. The fraction of sp³-hybridized carbons (Fsp3) is 0.577. The van der Waals surface area contributed by atoms with Crippen molar-refractivity contribution in [2.24, 2.45) is 5.41 Å². The van der Waals surface area contributed by atoms with Crippen LogP contribution in [0.2, 0.25) is 0 Å². The minimum Gasteiger partial charge on any atom is -0.388 e. The lowest BCUT2D eigenvalue weighted by Gasteiger charge is -2.60. The summed E-state index contributed by atoms with van der Waals surface area (Å²) in [5.41, 5.74) is -1.26. The lowest BCUT2D eigenvalue weighted by molar-refractivity contribution is -0.212. The van der Waals surface area contributed by atoms with E-state index in [-0.39, 0.29) is 43.4 Å². The van der Waals surface area contributed by atoms with Gasteiger partial charge in [-0.25, -0.2) is 13.8 Å². The normalized spacial score (nSPS) is 22.9. The lowest BCUT2D eigenvalue weighted by Crippen LogP contribution is -2.70. The monoisotopic (exact) mass is 486 g/mol. The number of rotatable bonds is 6. The Labute approximate surface area is 203 Å². The zero-order valence-electron chi connectivity index (χ0n) is 20.0. The maximum atomic E-state index is 13.8. The van der Waals surface area contributed by atoms with E-state index in [1.807, 2.05) is 37.3 Å². The average Bonchev–Trinajstić information content (AvgIpc) is 2.80. The van der Waals surface area contributed by atoms with Gasteiger partial charge in [0.2, 0.25) is 5.91 Å². The highest BCUT2D eigenvalue weighted by Gasteiger charge is 2.67. The number of aliphatic hydroxyl groups is 1. The van der Waals surface area contributed by atoms with Crippen LogP contribution in [0.4, 0.5) is 14.6 Å². The van der Waals surface area contributed by atoms with Crippen molar-refractivity contribution in [3.63, 3.8) is 0 Å². The summed E-state index contributed by atoms with van der Waals surface area (Å²) >= 11 is 0. The number of piperidine rings is 1. The summed E-state index contributed by atoms with van der Waals surface area (Å²) in [6.45, 7) is 3.42. The van der Waals surface area contributed by atoms with Gasteiger partial charge in [0.15, 0.2) is 0 Å². The van der Waals surface area contributed by atoms with Gasteiger partial charge in [-0.05, 0) is 30.7 Å². The number of hydrogen-bond acceptors (Lipinski definition) is 5. The summed E-state index contributed by atoms with van der Waals surface area (Å²) < 4.78 is 29.0. The number of benzene rings is 1. The van der Waals surface area contributed by atoms with Gasteiger partial charge in [-0.3, -0.25) is 14.2 Å². The van der Waals surface area contributed by atoms with Crippen LogP contribution >= 0.6 is 0 Å². The van der Waals surface area contributed by atoms with Gasteiger partial charge in [0.05, 0.1) is 23.9 Å². The molecule has 3 fully saturated rings. The molecule has 7 nitrogen and oxygen atoms in total. The molecule has 188 valence electrons. The largest absolute Gasteiger partial charge is 0.388 e. The molecule has 1 aliphatic carbocycles. The molecular weight excluding hydrogens is 454 g/mol. The molecule has 0 unspecified atom stereocenters. The molecular formula is C26H32F2N4O3. The van der Waals surface area contributed by atoms with Crippen LogP contribution in [-0.4, -0.2) is 63.2 Å². The van der Waals surface area contributed by atoms with Gasteiger partial charge in [-0.2, -0.15) is 0 Å². The number of alkyl halides is 2. The van der Waals surface area contributed by atoms with Crippen LogP contribution < -0.4 is 10.5 Å². The molecule has 1 aromatic carbocycles. The molecule has 35 heavy (non-hydrogen) atoms. The van der Waals surface area contributed by atoms with Crippen molar-refractivity contribution >= 4 is 11.7 Å². The molecule has 5 rings (SSSR count). The summed E-state index contributed by atoms with van der Waals surface area (Å²) in [6.07, 6.45) is 2.98. The maximum absolute atomic E-state index is 13.8. The minimum absolute atomic E-state index is 0.0657. The van der Waals surface area contributed by atoms with Crippen molar-refractivity contribution in [2.75, 3.05) is 31.1 Å². The zero-order valence-corrected chi connectivity index (χ0v) is 20.0. The molecule has 2 aliphatic heterocycles. The zero-order chi connectivity index (χ0) is 24.8. The first-order valence-corrected chi connectivity index (χ1v) is 12.3. The van der Waals surface area contributed by atoms with Crippen LogP contribution in [0.15, 0.2) is 47.5 Å². The summed E-state index contributed by atoms with van der Waals surface area (Å²) in [5, 5.41) is 11.1. The highest BCUT2D eigenvalue weighted by atomic mass is 19.3. The van der Waals surface area contributed by atoms with E-state index in [9.17, 15) is 23.5 Å². The van der Waals surface area contributed by atoms with Crippen LogP contribution in [0, 0.1) is 5.41 Å². The van der Waals surface area contributed by atoms with Gasteiger partial charge >= 0.3 is 0 Å². The quantitative estimate of drug-likeness (QED) is 0.679. The molecule has 0 radical (unpaired) electrons. The van der Waals surface area contributed by atoms with Gasteiger partial charge < -0.3 is 14.9 Å². The molecule has 3 heterocycles. The minimum atomic E-state index is -2.63. The molecule has 1 atom stereocenters. The van der Waals surface area contributed by atoms with Crippen molar-refractivity contribution in [1.82, 2.24) is 14.5 Å². The third kappa shape index (κ3) is 4.46. The van der Waals surface area contributed by atoms with Crippen molar-refractivity contribution < 1.29 is 18.7 Å². The third-order valence-corrected chi connectivity index (χ3v) is 8.23. The number of hydrogen-bond donors (Lipinski definition) is 1. The number of carbonyl (C=O) groups excluding carboxylic acids is 1. The van der Waals surface area contributed by atoms with E-state index >= 15 is 0 Å². The fourth-order valence-corrected chi connectivity index (χ4v) is 5.55. The fourth-order valence-electron chi connectivity index (χ4n) is 5.55. The Bertz CT molecular complexity index is 1140. The van der Waals surface area contributed by atoms with Crippen LogP contribution in [0.1, 0.15) is 50.5 Å². The molecule has 9 heteroatoms. The summed E-state index contributed by atoms with van der Waals surface area (Å²) in [4.78, 5) is 33.3. The van der Waals surface area contributed by atoms with E-state index in [0.29, 0.717) is 44.6 Å². The number of nitrogens with zero attached hydrogens (tertiary/aromatic N) is 4. The molecule has 1 amide bonds. The molecule has 2 saturated heterocycles. The Morgan fingerprint density at radius 3 is 2.37 bits per heavy atom. The number of amides is 1. The number of halogens is 2. The number of aromatic nitrogens is 2. The summed E-state index contributed by atoms with van der Waals surface area (Å²) in [7, 11) is 0. The van der Waals surface area contributed by atoms with E-state index in [1.165, 1.54) is 17.0 Å². The predicted molar refractivity (Wildman–Crippen MR) is 128 cm³/mol. The van der Waals surface area contributed by atoms with Gasteiger partial charge in [-0.1, -0.05) is 37.3 Å². The molecule has 0 bridgehead atoms. The standard InChI is InChI=1S/C26H32F2N4O3/c1-19(20-5-3-2-4-6-20)13-22(33)30-11-9-25(35,10-12-30)17-32-18-29-21(14-23(32)34)31-15-24(16-31)7-8-26(24,27)28/h2-6,14,18-19,35H,7-13,15-17H2,1H3/t19-/m1/s1. The van der Waals surface area contributed by atoms with Gasteiger partial charge in [0.25, 0.3) is 11.5 Å². The smallest absolute Gasteiger partial charge is 0.257 e. The molecule has 1 saturated carbocycles. The van der Waals surface area contributed by atoms with Crippen LogP contribution in [-0.2, 0) is 11.3 Å². The molecule has 1 N–H and O–H groups in total. The number of anilines is 1. The SMILES string of the molecule is C[C@H](CC(=O)N1CCC(O)(Cn2cnc(N3CC4(CCC4(F)F)C3)cc2=O)CC1)c1ccccc1. The first-order chi connectivity index (χ1) is 16.6. The van der Waals surface area contributed by atoms with Crippen molar-refractivity contribution in [2.45, 2.75) is 63.0 Å². The maximum Gasteiger partial charge on any atom is 0.257 e. The Kier molecular flexibility index (Phi) is 5.94. The molecule has 1 spiro atoms. The van der Waals surface area contributed by atoms with Gasteiger partial charge in [0.1, 0.15) is 5.82 Å². The summed E-state index contributed by atoms with van der Waals surface area (Å²) in [5.74, 6) is -2.04. The third-order valence-electron chi connectivity index (χ3n) is 8.23. The van der Waals surface area contributed by atoms with Crippen LogP contribution in [0.25, 0.3) is 0 Å². The Balaban J connectivity index is 1.14. The van der Waals surface area contributed by atoms with Crippen molar-refractivity contribution in [1.29, 1.82) is 0 Å². The van der Waals surface area contributed by atoms with E-state index in [4.69, 9.17) is 0 Å². The van der Waals surface area contributed by atoms with Crippen molar-refractivity contribution in [3.8, 4) is 0 Å². The Morgan fingerprint density at radius 2 is 1.80 bits per heavy atom. The van der Waals surface area contributed by atoms with Crippen LogP contribution in [0.5, 0.6) is 0 Å². The van der Waals surface area contributed by atoms with Crippen LogP contribution in [0.3, 0.4) is 0 Å². The molecule has 2 aromatic rings. The number of likely N-dealkylation sites (tertiary alicyclic amines) is 1. The lowest BCUT2D eigenvalue weighted by atomic mass is 9.60. The second-order valence-electron chi connectivity index (χ2n) is 10.7. The van der Waals surface area contributed by atoms with Gasteiger partial charge in [0, 0.05) is 45.1 Å².